The van der Waals surface area contributed by atoms with Crippen molar-refractivity contribution in [3.63, 3.8) is 0 Å². The maximum absolute atomic E-state index is 12.5. The summed E-state index contributed by atoms with van der Waals surface area (Å²) in [5.41, 5.74) is 4.11. The fourth-order valence-corrected chi connectivity index (χ4v) is 2.23. The Kier molecular flexibility index (Phi) is 3.45. The van der Waals surface area contributed by atoms with Crippen LogP contribution in [0.1, 0.15) is 12.0 Å². The van der Waals surface area contributed by atoms with Gasteiger partial charge in [-0.2, -0.15) is 0 Å². The van der Waals surface area contributed by atoms with E-state index in [1.807, 2.05) is 0 Å². The summed E-state index contributed by atoms with van der Waals surface area (Å²) in [7, 11) is -4.18. The molecule has 5 nitrogen and oxygen atoms in total. The summed E-state index contributed by atoms with van der Waals surface area (Å²) in [5, 5.41) is 4.04. The van der Waals surface area contributed by atoms with Crippen LogP contribution in [0.2, 0.25) is 0 Å². The molecule has 0 aliphatic heterocycles. The van der Waals surface area contributed by atoms with E-state index in [0.717, 1.165) is 6.20 Å². The Labute approximate surface area is 98.0 Å². The first-order valence-corrected chi connectivity index (χ1v) is 6.12. The first-order chi connectivity index (χ1) is 6.75. The van der Waals surface area contributed by atoms with Crippen LogP contribution in [0.5, 0.6) is 0 Å². The minimum Gasteiger partial charge on any atom is -0.396 e. The smallest absolute Gasteiger partial charge is 0.267 e. The number of nitrogens with two attached hydrogens (primary N) is 2. The molecule has 0 amide bonds. The molecule has 0 bridgehead atoms. The third-order valence-corrected chi connectivity index (χ3v) is 3.28. The van der Waals surface area contributed by atoms with Crippen molar-refractivity contribution in [2.75, 3.05) is 5.73 Å². The number of hydrogen-bond donors (Lipinski definition) is 2. The summed E-state index contributed by atoms with van der Waals surface area (Å²) in [4.78, 5) is 3.41. The number of aromatic nitrogens is 1. The minimum absolute atomic E-state index is 0.0903. The number of nitrogens with zero attached hydrogens (tertiary/aromatic N) is 1. The fraction of sp³-hybridized carbons (Fsp3) is 0.167. The zero-order valence-electron chi connectivity index (χ0n) is 7.12. The molecular weight excluding hydrogens is 343 g/mol. The van der Waals surface area contributed by atoms with E-state index in [9.17, 15) is 17.2 Å². The lowest BCUT2D eigenvalue weighted by Crippen LogP contribution is -2.18. The van der Waals surface area contributed by atoms with Crippen molar-refractivity contribution in [1.82, 2.24) is 4.98 Å². The van der Waals surface area contributed by atoms with Crippen molar-refractivity contribution in [3.8, 4) is 0 Å². The molecule has 1 aromatic rings. The van der Waals surface area contributed by atoms with Crippen LogP contribution in [0.4, 0.5) is 14.5 Å². The van der Waals surface area contributed by atoms with Gasteiger partial charge in [-0.3, -0.25) is 0 Å². The lowest BCUT2D eigenvalue weighted by atomic mass is 10.2. The van der Waals surface area contributed by atoms with Crippen molar-refractivity contribution in [1.29, 1.82) is 0 Å². The molecule has 84 valence electrons. The van der Waals surface area contributed by atoms with Crippen molar-refractivity contribution in [3.05, 3.63) is 15.3 Å². The third kappa shape index (κ3) is 2.52. The van der Waals surface area contributed by atoms with Crippen molar-refractivity contribution >= 4 is 38.3 Å². The number of nitrogen functional groups attached to an aromatic ring is 1. The number of halogens is 3. The number of primary sulfonamides is 1. The van der Waals surface area contributed by atoms with Gasteiger partial charge in [0.1, 0.15) is 0 Å². The number of sulfonamides is 1. The van der Waals surface area contributed by atoms with Gasteiger partial charge in [-0.25, -0.2) is 27.3 Å². The predicted octanol–water partition coefficient (Wildman–Crippen LogP) is 0.853. The third-order valence-electron chi connectivity index (χ3n) is 1.56. The van der Waals surface area contributed by atoms with Crippen LogP contribution >= 0.6 is 22.6 Å². The molecule has 4 N–H and O–H groups in total. The molecule has 0 aliphatic carbocycles. The lowest BCUT2D eigenvalue weighted by molar-refractivity contribution is 0.151. The van der Waals surface area contributed by atoms with Gasteiger partial charge in [-0.1, -0.05) is 0 Å². The summed E-state index contributed by atoms with van der Waals surface area (Å²) < 4.78 is 47.0. The first-order valence-electron chi connectivity index (χ1n) is 3.50. The predicted molar refractivity (Wildman–Crippen MR) is 57.7 cm³/mol. The topological polar surface area (TPSA) is 99.1 Å². The second-order valence-electron chi connectivity index (χ2n) is 2.58. The van der Waals surface area contributed by atoms with Crippen LogP contribution in [0, 0.1) is 3.57 Å². The zero-order chi connectivity index (χ0) is 11.8. The summed E-state index contributed by atoms with van der Waals surface area (Å²) in [6.07, 6.45) is -1.89. The van der Waals surface area contributed by atoms with Crippen molar-refractivity contribution < 1.29 is 17.2 Å². The normalized spacial score (nSPS) is 12.1. The van der Waals surface area contributed by atoms with Gasteiger partial charge in [-0.05, 0) is 22.6 Å². The molecule has 0 fully saturated rings. The molecule has 1 rings (SSSR count). The van der Waals surface area contributed by atoms with Gasteiger partial charge >= 0.3 is 0 Å². The van der Waals surface area contributed by atoms with Crippen LogP contribution in [0.15, 0.2) is 11.2 Å². The SMILES string of the molecule is Nc1c(S(N)(=O)=O)ncc(I)c1C(F)F. The lowest BCUT2D eigenvalue weighted by Gasteiger charge is -2.09. The van der Waals surface area contributed by atoms with E-state index in [0.29, 0.717) is 0 Å². The Hall–Kier alpha value is -0.550. The highest BCUT2D eigenvalue weighted by molar-refractivity contribution is 14.1. The number of rotatable bonds is 2. The van der Waals surface area contributed by atoms with Crippen LogP contribution in [-0.2, 0) is 10.0 Å². The average Bonchev–Trinajstić information content (AvgIpc) is 2.00. The second-order valence-corrected chi connectivity index (χ2v) is 5.22. The van der Waals surface area contributed by atoms with Gasteiger partial charge in [0.05, 0.1) is 11.3 Å². The Morgan fingerprint density at radius 2 is 2.00 bits per heavy atom. The molecule has 0 unspecified atom stereocenters. The van der Waals surface area contributed by atoms with Gasteiger partial charge < -0.3 is 5.73 Å². The minimum atomic E-state index is -4.18. The van der Waals surface area contributed by atoms with E-state index >= 15 is 0 Å². The molecule has 0 saturated carbocycles. The van der Waals surface area contributed by atoms with Gasteiger partial charge in [0.15, 0.2) is 5.03 Å². The molecule has 0 spiro atoms. The second kappa shape index (κ2) is 4.14. The summed E-state index contributed by atoms with van der Waals surface area (Å²) in [6, 6.07) is 0. The molecule has 1 aromatic heterocycles. The maximum Gasteiger partial charge on any atom is 0.267 e. The molecule has 1 heterocycles. The van der Waals surface area contributed by atoms with E-state index in [-0.39, 0.29) is 3.57 Å². The van der Waals surface area contributed by atoms with E-state index in [2.05, 4.69) is 4.98 Å². The van der Waals surface area contributed by atoms with Crippen LogP contribution < -0.4 is 10.9 Å². The summed E-state index contributed by atoms with van der Waals surface area (Å²) >= 11 is 1.59. The highest BCUT2D eigenvalue weighted by Crippen LogP contribution is 2.32. The van der Waals surface area contributed by atoms with Gasteiger partial charge in [0.25, 0.3) is 16.4 Å². The molecule has 15 heavy (non-hydrogen) atoms. The van der Waals surface area contributed by atoms with Crippen LogP contribution in [-0.4, -0.2) is 13.4 Å². The molecule has 0 saturated heterocycles. The largest absolute Gasteiger partial charge is 0.396 e. The fourth-order valence-electron chi connectivity index (χ4n) is 0.947. The highest BCUT2D eigenvalue weighted by Gasteiger charge is 2.23. The molecule has 0 radical (unpaired) electrons. The molecule has 9 heteroatoms. The Balaban J connectivity index is 3.56. The molecular formula is C6H6F2IN3O2S. The first kappa shape index (κ1) is 12.5. The van der Waals surface area contributed by atoms with E-state index in [4.69, 9.17) is 10.9 Å². The average molecular weight is 349 g/mol. The quantitative estimate of drug-likeness (QED) is 0.774. The number of alkyl halides is 2. The van der Waals surface area contributed by atoms with Gasteiger partial charge in [0.2, 0.25) is 0 Å². The zero-order valence-corrected chi connectivity index (χ0v) is 10.1. The monoisotopic (exact) mass is 349 g/mol. The Morgan fingerprint density at radius 3 is 2.40 bits per heavy atom. The molecule has 0 aromatic carbocycles. The summed E-state index contributed by atoms with van der Waals surface area (Å²) in [5.74, 6) is 0. The standard InChI is InChI=1S/C6H6F2IN3O2S/c7-5(8)3-2(9)1-12-6(4(3)10)15(11,13)14/h1,5H,10H2,(H2,11,13,14). The molecule has 0 aliphatic rings. The van der Waals surface area contributed by atoms with Crippen molar-refractivity contribution in [2.45, 2.75) is 11.5 Å². The highest BCUT2D eigenvalue weighted by atomic mass is 127. The van der Waals surface area contributed by atoms with E-state index < -0.39 is 32.7 Å². The summed E-state index contributed by atoms with van der Waals surface area (Å²) in [6.45, 7) is 0. The van der Waals surface area contributed by atoms with Crippen LogP contribution in [0.25, 0.3) is 0 Å². The molecule has 0 atom stereocenters. The van der Waals surface area contributed by atoms with Gasteiger partial charge in [0, 0.05) is 9.77 Å². The number of hydrogen-bond acceptors (Lipinski definition) is 4. The van der Waals surface area contributed by atoms with Gasteiger partial charge in [-0.15, -0.1) is 0 Å². The number of anilines is 1. The maximum atomic E-state index is 12.5. The Bertz CT molecular complexity index is 491. The van der Waals surface area contributed by atoms with Crippen LogP contribution in [0.3, 0.4) is 0 Å². The van der Waals surface area contributed by atoms with E-state index in [1.54, 1.807) is 22.6 Å². The number of pyridine rings is 1. The van der Waals surface area contributed by atoms with E-state index in [1.165, 1.54) is 0 Å². The Morgan fingerprint density at radius 1 is 1.47 bits per heavy atom. The van der Waals surface area contributed by atoms with Crippen molar-refractivity contribution in [2.24, 2.45) is 5.14 Å².